The van der Waals surface area contributed by atoms with E-state index in [0.29, 0.717) is 6.54 Å². The van der Waals surface area contributed by atoms with E-state index in [9.17, 15) is 4.79 Å². The van der Waals surface area contributed by atoms with Crippen LogP contribution in [0.2, 0.25) is 5.02 Å². The molecule has 0 aliphatic carbocycles. The maximum Gasteiger partial charge on any atom is 0.236 e. The minimum Gasteiger partial charge on any atom is -0.361 e. The Morgan fingerprint density at radius 2 is 1.84 bits per heavy atom. The molecule has 3 N–H and O–H groups in total. The van der Waals surface area contributed by atoms with Crippen LogP contribution in [0, 0.1) is 0 Å². The summed E-state index contributed by atoms with van der Waals surface area (Å²) in [7, 11) is 1.64. The molecule has 4 nitrogen and oxygen atoms in total. The van der Waals surface area contributed by atoms with Gasteiger partial charge in [-0.2, -0.15) is 0 Å². The Morgan fingerprint density at radius 1 is 1.12 bits per heavy atom. The number of aromatic nitrogens is 1. The second-order valence-corrected chi connectivity index (χ2v) is 6.52. The summed E-state index contributed by atoms with van der Waals surface area (Å²) in [5, 5.41) is 7.90. The Balaban J connectivity index is 1.98. The fourth-order valence-corrected chi connectivity index (χ4v) is 3.40. The Bertz CT molecular complexity index is 874. The monoisotopic (exact) mass is 355 g/mol. The van der Waals surface area contributed by atoms with Crippen LogP contribution in [-0.4, -0.2) is 30.5 Å². The molecule has 0 spiro atoms. The van der Waals surface area contributed by atoms with E-state index in [1.807, 2.05) is 49.5 Å². The smallest absolute Gasteiger partial charge is 0.236 e. The molecule has 0 unspecified atom stereocenters. The highest BCUT2D eigenvalue weighted by molar-refractivity contribution is 6.31. The van der Waals surface area contributed by atoms with E-state index in [0.717, 1.165) is 16.1 Å². The van der Waals surface area contributed by atoms with Gasteiger partial charge in [-0.1, -0.05) is 48.0 Å². The SMILES string of the molecule is CNC(=O)[C@@H](C)NC[C@H](c1ccccc1Cl)c1c[nH]c2ccccc12. The number of halogens is 1. The maximum atomic E-state index is 11.8. The number of fused-ring (bicyclic) bond motifs is 1. The number of nitrogens with one attached hydrogen (secondary N) is 3. The highest BCUT2D eigenvalue weighted by Gasteiger charge is 2.22. The van der Waals surface area contributed by atoms with Gasteiger partial charge >= 0.3 is 0 Å². The molecule has 0 saturated carbocycles. The van der Waals surface area contributed by atoms with Gasteiger partial charge in [-0.3, -0.25) is 4.79 Å². The van der Waals surface area contributed by atoms with Crippen LogP contribution in [-0.2, 0) is 4.79 Å². The first kappa shape index (κ1) is 17.5. The van der Waals surface area contributed by atoms with Crippen LogP contribution in [0.5, 0.6) is 0 Å². The molecule has 0 aliphatic rings. The summed E-state index contributed by atoms with van der Waals surface area (Å²) < 4.78 is 0. The fraction of sp³-hybridized carbons (Fsp3) is 0.250. The van der Waals surface area contributed by atoms with Gasteiger partial charge < -0.3 is 15.6 Å². The zero-order chi connectivity index (χ0) is 17.8. The molecule has 0 fully saturated rings. The van der Waals surface area contributed by atoms with E-state index in [1.165, 1.54) is 10.9 Å². The molecule has 25 heavy (non-hydrogen) atoms. The van der Waals surface area contributed by atoms with E-state index in [1.54, 1.807) is 7.05 Å². The van der Waals surface area contributed by atoms with Crippen LogP contribution >= 0.6 is 11.6 Å². The minimum absolute atomic E-state index is 0.0307. The van der Waals surface area contributed by atoms with Gasteiger partial charge in [-0.05, 0) is 30.2 Å². The van der Waals surface area contributed by atoms with Crippen molar-refractivity contribution in [3.05, 3.63) is 70.9 Å². The van der Waals surface area contributed by atoms with Crippen LogP contribution in [0.3, 0.4) is 0 Å². The molecule has 5 heteroatoms. The molecule has 2 aromatic carbocycles. The summed E-state index contributed by atoms with van der Waals surface area (Å²) in [6, 6.07) is 15.8. The standard InChI is InChI=1S/C20H22ClN3O/c1-13(20(25)22-2)23-11-16(14-7-3-5-9-18(14)21)17-12-24-19-10-6-4-8-15(17)19/h3-10,12-13,16,23-24H,11H2,1-2H3,(H,22,25)/t13-,16-/m1/s1. The normalized spacial score (nSPS) is 13.6. The lowest BCUT2D eigenvalue weighted by molar-refractivity contribution is -0.122. The Labute approximate surface area is 152 Å². The van der Waals surface area contributed by atoms with Gasteiger partial charge in [0.05, 0.1) is 6.04 Å². The van der Waals surface area contributed by atoms with Gasteiger partial charge in [0.15, 0.2) is 0 Å². The lowest BCUT2D eigenvalue weighted by atomic mass is 9.90. The highest BCUT2D eigenvalue weighted by atomic mass is 35.5. The van der Waals surface area contributed by atoms with Crippen molar-refractivity contribution in [1.82, 2.24) is 15.6 Å². The molecule has 0 radical (unpaired) electrons. The molecule has 0 bridgehead atoms. The van der Waals surface area contributed by atoms with Crippen LogP contribution in [0.25, 0.3) is 10.9 Å². The van der Waals surface area contributed by atoms with Crippen LogP contribution in [0.1, 0.15) is 24.0 Å². The molecule has 130 valence electrons. The summed E-state index contributed by atoms with van der Waals surface area (Å²) >= 11 is 6.47. The molecule has 3 aromatic rings. The highest BCUT2D eigenvalue weighted by Crippen LogP contribution is 2.34. The largest absolute Gasteiger partial charge is 0.361 e. The van der Waals surface area contributed by atoms with Crippen molar-refractivity contribution in [2.24, 2.45) is 0 Å². The number of carbonyl (C=O) groups is 1. The summed E-state index contributed by atoms with van der Waals surface area (Å²) in [6.45, 7) is 2.47. The van der Waals surface area contributed by atoms with Crippen molar-refractivity contribution in [3.63, 3.8) is 0 Å². The number of hydrogen-bond acceptors (Lipinski definition) is 2. The molecular formula is C20H22ClN3O. The van der Waals surface area contributed by atoms with Gasteiger partial charge in [0.1, 0.15) is 0 Å². The van der Waals surface area contributed by atoms with Crippen molar-refractivity contribution >= 4 is 28.4 Å². The predicted molar refractivity (Wildman–Crippen MR) is 103 cm³/mol. The van der Waals surface area contributed by atoms with Crippen LogP contribution < -0.4 is 10.6 Å². The Morgan fingerprint density at radius 3 is 2.60 bits per heavy atom. The number of carbonyl (C=O) groups excluding carboxylic acids is 1. The first-order chi connectivity index (χ1) is 12.1. The second kappa shape index (κ2) is 7.72. The van der Waals surface area contributed by atoms with E-state index < -0.39 is 0 Å². The fourth-order valence-electron chi connectivity index (χ4n) is 3.13. The Hall–Kier alpha value is -2.30. The van der Waals surface area contributed by atoms with E-state index in [4.69, 9.17) is 11.6 Å². The van der Waals surface area contributed by atoms with Gasteiger partial charge in [-0.15, -0.1) is 0 Å². The van der Waals surface area contributed by atoms with Gasteiger partial charge in [0.2, 0.25) is 5.91 Å². The third-order valence-corrected chi connectivity index (χ3v) is 4.89. The number of rotatable bonds is 6. The van der Waals surface area contributed by atoms with Gasteiger partial charge in [0.25, 0.3) is 0 Å². The average Bonchev–Trinajstić information content (AvgIpc) is 3.06. The Kier molecular flexibility index (Phi) is 5.41. The first-order valence-corrected chi connectivity index (χ1v) is 8.75. The molecular weight excluding hydrogens is 334 g/mol. The van der Waals surface area contributed by atoms with Gasteiger partial charge in [0, 0.05) is 41.6 Å². The lowest BCUT2D eigenvalue weighted by Gasteiger charge is -2.21. The van der Waals surface area contributed by atoms with Crippen molar-refractivity contribution in [1.29, 1.82) is 0 Å². The van der Waals surface area contributed by atoms with Crippen molar-refractivity contribution < 1.29 is 4.79 Å². The summed E-state index contributed by atoms with van der Waals surface area (Å²) in [5.74, 6) is 0.00814. The summed E-state index contributed by atoms with van der Waals surface area (Å²) in [6.07, 6.45) is 2.03. The first-order valence-electron chi connectivity index (χ1n) is 8.37. The molecule has 1 aromatic heterocycles. The van der Waals surface area contributed by atoms with Crippen molar-refractivity contribution in [2.75, 3.05) is 13.6 Å². The van der Waals surface area contributed by atoms with Crippen molar-refractivity contribution in [3.8, 4) is 0 Å². The van der Waals surface area contributed by atoms with Gasteiger partial charge in [-0.25, -0.2) is 0 Å². The summed E-state index contributed by atoms with van der Waals surface area (Å²) in [5.41, 5.74) is 3.31. The van der Waals surface area contributed by atoms with E-state index in [2.05, 4.69) is 27.8 Å². The number of benzene rings is 2. The second-order valence-electron chi connectivity index (χ2n) is 6.11. The number of H-pyrrole nitrogens is 1. The number of amides is 1. The molecule has 3 rings (SSSR count). The van der Waals surface area contributed by atoms with Crippen LogP contribution in [0.4, 0.5) is 0 Å². The quantitative estimate of drug-likeness (QED) is 0.631. The summed E-state index contributed by atoms with van der Waals surface area (Å²) in [4.78, 5) is 15.2. The topological polar surface area (TPSA) is 56.9 Å². The zero-order valence-corrected chi connectivity index (χ0v) is 15.1. The minimum atomic E-state index is -0.278. The third kappa shape index (κ3) is 3.70. The number of para-hydroxylation sites is 1. The molecule has 1 heterocycles. The lowest BCUT2D eigenvalue weighted by Crippen LogP contribution is -2.42. The zero-order valence-electron chi connectivity index (χ0n) is 14.3. The molecule has 2 atom stereocenters. The predicted octanol–water partition coefficient (Wildman–Crippen LogP) is 3.68. The maximum absolute atomic E-state index is 11.8. The average molecular weight is 356 g/mol. The molecule has 0 saturated heterocycles. The van der Waals surface area contributed by atoms with Crippen LogP contribution in [0.15, 0.2) is 54.7 Å². The number of hydrogen-bond donors (Lipinski definition) is 3. The third-order valence-electron chi connectivity index (χ3n) is 4.55. The van der Waals surface area contributed by atoms with E-state index in [-0.39, 0.29) is 17.9 Å². The number of likely N-dealkylation sites (N-methyl/N-ethyl adjacent to an activating group) is 1. The molecule has 1 amide bonds. The van der Waals surface area contributed by atoms with E-state index >= 15 is 0 Å². The molecule has 0 aliphatic heterocycles. The number of aromatic amines is 1. The van der Waals surface area contributed by atoms with Crippen molar-refractivity contribution in [2.45, 2.75) is 18.9 Å².